The maximum absolute atomic E-state index is 13.0. The zero-order chi connectivity index (χ0) is 18.0. The molecule has 0 aliphatic carbocycles. The number of aryl methyl sites for hydroxylation is 2. The van der Waals surface area contributed by atoms with E-state index in [9.17, 15) is 12.8 Å². The van der Waals surface area contributed by atoms with Crippen LogP contribution < -0.4 is 0 Å². The number of hydrogen-bond donors (Lipinski definition) is 0. The number of nitrogens with zero attached hydrogens (tertiary/aromatic N) is 2. The summed E-state index contributed by atoms with van der Waals surface area (Å²) in [6.07, 6.45) is 0. The van der Waals surface area contributed by atoms with E-state index >= 15 is 0 Å². The molecule has 4 nitrogen and oxygen atoms in total. The Kier molecular flexibility index (Phi) is 5.22. The van der Waals surface area contributed by atoms with Gasteiger partial charge in [-0.1, -0.05) is 18.2 Å². The van der Waals surface area contributed by atoms with Crippen LogP contribution >= 0.6 is 0 Å². The van der Waals surface area contributed by atoms with Crippen LogP contribution in [0.1, 0.15) is 16.7 Å². The highest BCUT2D eigenvalue weighted by Gasteiger charge is 2.28. The van der Waals surface area contributed by atoms with Gasteiger partial charge in [-0.2, -0.15) is 4.31 Å². The lowest BCUT2D eigenvalue weighted by Gasteiger charge is -2.34. The predicted molar refractivity (Wildman–Crippen MR) is 96.4 cm³/mol. The lowest BCUT2D eigenvalue weighted by atomic mass is 10.1. The number of benzene rings is 2. The molecule has 1 heterocycles. The zero-order valence-electron chi connectivity index (χ0n) is 14.6. The molecule has 0 spiro atoms. The maximum atomic E-state index is 13.0. The third kappa shape index (κ3) is 4.08. The van der Waals surface area contributed by atoms with Gasteiger partial charge in [-0.05, 0) is 54.8 Å². The molecule has 0 saturated carbocycles. The molecule has 0 bridgehead atoms. The van der Waals surface area contributed by atoms with E-state index in [1.807, 2.05) is 19.9 Å². The second kappa shape index (κ2) is 7.23. The van der Waals surface area contributed by atoms with Crippen LogP contribution in [0.5, 0.6) is 0 Å². The van der Waals surface area contributed by atoms with Gasteiger partial charge in [0.1, 0.15) is 5.82 Å². The van der Waals surface area contributed by atoms with Gasteiger partial charge in [0.2, 0.25) is 10.0 Å². The lowest BCUT2D eigenvalue weighted by Crippen LogP contribution is -2.48. The predicted octanol–water partition coefficient (Wildman–Crippen LogP) is 2.95. The van der Waals surface area contributed by atoms with E-state index in [0.717, 1.165) is 16.7 Å². The van der Waals surface area contributed by atoms with Crippen LogP contribution in [-0.4, -0.2) is 43.8 Å². The Morgan fingerprint density at radius 3 is 2.16 bits per heavy atom. The second-order valence-corrected chi connectivity index (χ2v) is 8.49. The van der Waals surface area contributed by atoms with Gasteiger partial charge in [-0.15, -0.1) is 0 Å². The van der Waals surface area contributed by atoms with Gasteiger partial charge in [0.05, 0.1) is 4.90 Å². The minimum absolute atomic E-state index is 0.243. The van der Waals surface area contributed by atoms with Gasteiger partial charge in [-0.3, -0.25) is 4.90 Å². The summed E-state index contributed by atoms with van der Waals surface area (Å²) in [5.41, 5.74) is 3.10. The Hall–Kier alpha value is -1.76. The summed E-state index contributed by atoms with van der Waals surface area (Å²) >= 11 is 0. The van der Waals surface area contributed by atoms with Gasteiger partial charge in [0, 0.05) is 32.7 Å². The third-order valence-corrected chi connectivity index (χ3v) is 6.66. The van der Waals surface area contributed by atoms with Crippen LogP contribution in [0.3, 0.4) is 0 Å². The van der Waals surface area contributed by atoms with Gasteiger partial charge in [-0.25, -0.2) is 12.8 Å². The summed E-state index contributed by atoms with van der Waals surface area (Å²) < 4.78 is 40.2. The molecule has 0 unspecified atom stereocenters. The molecule has 1 aliphatic heterocycles. The first-order chi connectivity index (χ1) is 11.9. The average molecular weight is 362 g/mol. The zero-order valence-corrected chi connectivity index (χ0v) is 15.4. The van der Waals surface area contributed by atoms with Crippen LogP contribution in [0, 0.1) is 19.7 Å². The molecule has 25 heavy (non-hydrogen) atoms. The van der Waals surface area contributed by atoms with E-state index < -0.39 is 10.0 Å². The Labute approximate surface area is 148 Å². The fraction of sp³-hybridized carbons (Fsp3) is 0.368. The highest BCUT2D eigenvalue weighted by molar-refractivity contribution is 7.89. The molecule has 0 aromatic heterocycles. The Balaban J connectivity index is 1.64. The van der Waals surface area contributed by atoms with E-state index in [-0.39, 0.29) is 5.82 Å². The Morgan fingerprint density at radius 2 is 1.56 bits per heavy atom. The minimum Gasteiger partial charge on any atom is -0.296 e. The molecule has 0 amide bonds. The topological polar surface area (TPSA) is 40.6 Å². The quantitative estimate of drug-likeness (QED) is 0.840. The van der Waals surface area contributed by atoms with Gasteiger partial charge in [0.15, 0.2) is 0 Å². The molecule has 1 fully saturated rings. The summed E-state index contributed by atoms with van der Waals surface area (Å²) in [6.45, 7) is 6.88. The number of hydrogen-bond acceptors (Lipinski definition) is 3. The van der Waals surface area contributed by atoms with Crippen molar-refractivity contribution in [3.05, 3.63) is 65.0 Å². The lowest BCUT2D eigenvalue weighted by molar-refractivity contribution is 0.181. The van der Waals surface area contributed by atoms with Crippen LogP contribution in [0.4, 0.5) is 4.39 Å². The molecular weight excluding hydrogens is 339 g/mol. The molecule has 134 valence electrons. The van der Waals surface area contributed by atoms with Crippen molar-refractivity contribution in [1.29, 1.82) is 0 Å². The third-order valence-electron chi connectivity index (χ3n) is 4.77. The molecule has 1 saturated heterocycles. The molecule has 1 aliphatic rings. The minimum atomic E-state index is -3.45. The van der Waals surface area contributed by atoms with Crippen LogP contribution in [0.15, 0.2) is 47.4 Å². The van der Waals surface area contributed by atoms with Crippen molar-refractivity contribution in [2.45, 2.75) is 25.3 Å². The van der Waals surface area contributed by atoms with Crippen molar-refractivity contribution in [2.24, 2.45) is 0 Å². The van der Waals surface area contributed by atoms with Crippen molar-refractivity contribution < 1.29 is 12.8 Å². The normalized spacial score (nSPS) is 16.9. The van der Waals surface area contributed by atoms with Crippen molar-refractivity contribution in [3.8, 4) is 0 Å². The summed E-state index contributed by atoms with van der Waals surface area (Å²) in [4.78, 5) is 2.56. The molecular formula is C19H23FN2O2S. The fourth-order valence-electron chi connectivity index (χ4n) is 3.00. The molecule has 0 radical (unpaired) electrons. The van der Waals surface area contributed by atoms with Crippen LogP contribution in [0.25, 0.3) is 0 Å². The summed E-state index contributed by atoms with van der Waals surface area (Å²) in [5, 5.41) is 0. The fourth-order valence-corrected chi connectivity index (χ4v) is 4.51. The second-order valence-electron chi connectivity index (χ2n) is 6.55. The van der Waals surface area contributed by atoms with Gasteiger partial charge in [0.25, 0.3) is 0 Å². The number of piperazine rings is 1. The van der Waals surface area contributed by atoms with E-state index in [2.05, 4.69) is 4.90 Å². The van der Waals surface area contributed by atoms with Crippen molar-refractivity contribution in [2.75, 3.05) is 26.2 Å². The van der Waals surface area contributed by atoms with Crippen molar-refractivity contribution in [1.82, 2.24) is 9.21 Å². The standard InChI is InChI=1S/C19H23FN2O2S/c1-15-3-8-19(13-16(15)2)25(23,24)22-11-9-21(10-12-22)14-17-4-6-18(20)7-5-17/h3-8,13H,9-12,14H2,1-2H3. The highest BCUT2D eigenvalue weighted by Crippen LogP contribution is 2.21. The maximum Gasteiger partial charge on any atom is 0.243 e. The monoisotopic (exact) mass is 362 g/mol. The first-order valence-corrected chi connectivity index (χ1v) is 9.84. The summed E-state index contributed by atoms with van der Waals surface area (Å²) in [6, 6.07) is 11.7. The highest BCUT2D eigenvalue weighted by atomic mass is 32.2. The van der Waals surface area contributed by atoms with Crippen LogP contribution in [-0.2, 0) is 16.6 Å². The smallest absolute Gasteiger partial charge is 0.243 e. The summed E-state index contributed by atoms with van der Waals surface area (Å²) in [7, 11) is -3.45. The van der Waals surface area contributed by atoms with E-state index in [1.165, 1.54) is 12.1 Å². The average Bonchev–Trinajstić information content (AvgIpc) is 2.60. The molecule has 2 aromatic carbocycles. The Morgan fingerprint density at radius 1 is 0.920 bits per heavy atom. The van der Waals surface area contributed by atoms with Crippen LogP contribution in [0.2, 0.25) is 0 Å². The van der Waals surface area contributed by atoms with Gasteiger partial charge >= 0.3 is 0 Å². The molecule has 3 rings (SSSR count). The number of sulfonamides is 1. The Bertz CT molecular complexity index is 842. The molecule has 2 aromatic rings. The molecule has 0 N–H and O–H groups in total. The molecule has 0 atom stereocenters. The van der Waals surface area contributed by atoms with E-state index in [0.29, 0.717) is 37.6 Å². The number of rotatable bonds is 4. The first kappa shape index (κ1) is 18.0. The van der Waals surface area contributed by atoms with Crippen molar-refractivity contribution in [3.63, 3.8) is 0 Å². The van der Waals surface area contributed by atoms with Gasteiger partial charge < -0.3 is 0 Å². The molecule has 6 heteroatoms. The first-order valence-electron chi connectivity index (χ1n) is 8.40. The summed E-state index contributed by atoms with van der Waals surface area (Å²) in [5.74, 6) is -0.243. The SMILES string of the molecule is Cc1ccc(S(=O)(=O)N2CCN(Cc3ccc(F)cc3)CC2)cc1C. The largest absolute Gasteiger partial charge is 0.296 e. The van der Waals surface area contributed by atoms with E-state index in [1.54, 1.807) is 28.6 Å². The van der Waals surface area contributed by atoms with E-state index in [4.69, 9.17) is 0 Å². The van der Waals surface area contributed by atoms with Crippen molar-refractivity contribution >= 4 is 10.0 Å². The number of halogens is 1.